The van der Waals surface area contributed by atoms with E-state index in [0.717, 1.165) is 25.7 Å². The lowest BCUT2D eigenvalue weighted by molar-refractivity contribution is -0.139. The van der Waals surface area contributed by atoms with Crippen LogP contribution in [0.3, 0.4) is 0 Å². The molecule has 13 heteroatoms. The predicted octanol–water partition coefficient (Wildman–Crippen LogP) is 2.74. The van der Waals surface area contributed by atoms with Gasteiger partial charge in [0, 0.05) is 31.5 Å². The summed E-state index contributed by atoms with van der Waals surface area (Å²) in [6.45, 7) is 1.96. The molecule has 0 bridgehead atoms. The molecule has 2 heterocycles. The first-order valence-corrected chi connectivity index (χ1v) is 15.3. The van der Waals surface area contributed by atoms with Gasteiger partial charge in [-0.1, -0.05) is 37.1 Å². The number of hydrogen-bond donors (Lipinski definition) is 3. The fourth-order valence-corrected chi connectivity index (χ4v) is 5.87. The number of nitrogens with zero attached hydrogens (tertiary/aromatic N) is 2. The summed E-state index contributed by atoms with van der Waals surface area (Å²) in [5.74, 6) is -1.22. The number of carbonyl (C=O) groups is 5. The topological polar surface area (TPSA) is 160 Å². The summed E-state index contributed by atoms with van der Waals surface area (Å²) in [5, 5.41) is 5.28. The Labute approximate surface area is 256 Å². The third-order valence-electron chi connectivity index (χ3n) is 8.36. The van der Waals surface area contributed by atoms with E-state index in [1.165, 1.54) is 15.9 Å². The van der Waals surface area contributed by atoms with Crippen molar-refractivity contribution in [2.45, 2.75) is 83.1 Å². The molecule has 1 aliphatic carbocycles. The van der Waals surface area contributed by atoms with Gasteiger partial charge in [0.25, 0.3) is 0 Å². The number of halogens is 1. The van der Waals surface area contributed by atoms with Crippen LogP contribution in [-0.4, -0.2) is 78.1 Å². The lowest BCUT2D eigenvalue weighted by Crippen LogP contribution is -2.53. The molecule has 0 spiro atoms. The van der Waals surface area contributed by atoms with Crippen LogP contribution in [0.15, 0.2) is 30.4 Å². The van der Waals surface area contributed by atoms with Gasteiger partial charge in [-0.15, -0.1) is 0 Å². The highest BCUT2D eigenvalue weighted by Crippen LogP contribution is 2.39. The molecule has 240 valence electrons. The number of primary amides is 1. The van der Waals surface area contributed by atoms with Gasteiger partial charge in [0.15, 0.2) is 0 Å². The molecule has 4 rings (SSSR count). The summed E-state index contributed by atoms with van der Waals surface area (Å²) in [6, 6.07) is 2.68. The van der Waals surface area contributed by atoms with Gasteiger partial charge in [0.1, 0.15) is 24.0 Å². The first-order valence-electron chi connectivity index (χ1n) is 15.3. The van der Waals surface area contributed by atoms with E-state index in [1.54, 1.807) is 26.1 Å². The number of ether oxygens (including phenoxy) is 2. The molecule has 0 aromatic heterocycles. The number of hydrogen-bond acceptors (Lipinski definition) is 7. The van der Waals surface area contributed by atoms with E-state index >= 15 is 0 Å². The number of carbonyl (C=O) groups excluding carboxylic acids is 5. The molecule has 1 saturated carbocycles. The highest BCUT2D eigenvalue weighted by atomic mass is 19.1. The van der Waals surface area contributed by atoms with Crippen LogP contribution in [0.2, 0.25) is 0 Å². The molecule has 2 aliphatic heterocycles. The maximum absolute atomic E-state index is 14.1. The second-order valence-corrected chi connectivity index (χ2v) is 11.5. The normalized spacial score (nSPS) is 22.8. The Kier molecular flexibility index (Phi) is 11.2. The number of alkyl carbamates (subject to hydrolysis) is 1. The average Bonchev–Trinajstić information content (AvgIpc) is 3.41. The van der Waals surface area contributed by atoms with Crippen molar-refractivity contribution in [3.63, 3.8) is 0 Å². The zero-order valence-corrected chi connectivity index (χ0v) is 25.3. The van der Waals surface area contributed by atoms with Crippen LogP contribution >= 0.6 is 0 Å². The molecular weight excluding hydrogens is 573 g/mol. The average molecular weight is 616 g/mol. The minimum absolute atomic E-state index is 0.0161. The van der Waals surface area contributed by atoms with Crippen molar-refractivity contribution in [2.24, 2.45) is 17.6 Å². The molecule has 0 unspecified atom stereocenters. The molecule has 0 radical (unpaired) electrons. The summed E-state index contributed by atoms with van der Waals surface area (Å²) in [5.41, 5.74) is 6.76. The van der Waals surface area contributed by atoms with E-state index in [0.29, 0.717) is 29.9 Å². The van der Waals surface area contributed by atoms with E-state index < -0.39 is 48.0 Å². The first kappa shape index (κ1) is 32.7. The van der Waals surface area contributed by atoms with E-state index in [1.807, 2.05) is 0 Å². The predicted molar refractivity (Wildman–Crippen MR) is 157 cm³/mol. The van der Waals surface area contributed by atoms with Gasteiger partial charge in [-0.05, 0) is 50.2 Å². The molecule has 12 nitrogen and oxygen atoms in total. The zero-order valence-electron chi connectivity index (χ0n) is 25.3. The maximum Gasteiger partial charge on any atom is 0.410 e. The lowest BCUT2D eigenvalue weighted by Gasteiger charge is -2.27. The summed E-state index contributed by atoms with van der Waals surface area (Å²) in [4.78, 5) is 65.4. The molecule has 2 fully saturated rings. The van der Waals surface area contributed by atoms with Gasteiger partial charge in [0.05, 0.1) is 19.7 Å². The number of nitrogens with two attached hydrogens (primary N) is 1. The Bertz CT molecular complexity index is 1270. The number of likely N-dealkylation sites (tertiary alicyclic amines) is 1. The number of amides is 5. The van der Waals surface area contributed by atoms with Gasteiger partial charge >= 0.3 is 12.2 Å². The Balaban J connectivity index is 1.30. The Hall–Kier alpha value is -4.16. The summed E-state index contributed by atoms with van der Waals surface area (Å²) in [6.07, 6.45) is 6.24. The van der Waals surface area contributed by atoms with Gasteiger partial charge in [-0.2, -0.15) is 0 Å². The van der Waals surface area contributed by atoms with Crippen LogP contribution in [0.5, 0.6) is 0 Å². The third-order valence-corrected chi connectivity index (χ3v) is 8.36. The van der Waals surface area contributed by atoms with E-state index in [-0.39, 0.29) is 44.5 Å². The standard InChI is InChI=1S/C31H42FN5O7/c1-3-43-30(41)35-25(13-8-6-4-5-7-10-19-14-22(19)28(39)34-2)29(40)37-17-21(15-26(37)27(33)38)44-31(42)36-16-20-11-9-12-24(32)23(20)18-36/h7,9-12,19,21-22,25-26H,3-6,8,13-18H2,1-2H3,(H2,33,38)(H,34,39)(H,35,41)/b10-7-/t19-,21-,22+,25+,26+/m1/s1. The highest BCUT2D eigenvalue weighted by molar-refractivity contribution is 5.91. The molecule has 3 aliphatic rings. The van der Waals surface area contributed by atoms with Crippen molar-refractivity contribution in [1.29, 1.82) is 0 Å². The SMILES string of the molecule is CCOC(=O)N[C@@H](CCCCC/C=C\[C@@H]1C[C@@H]1C(=O)NC)C(=O)N1C[C@H](OC(=O)N2Cc3cccc(F)c3C2)C[C@H]1C(N)=O. The fourth-order valence-electron chi connectivity index (χ4n) is 5.87. The number of benzene rings is 1. The van der Waals surface area contributed by atoms with Crippen molar-refractivity contribution < 1.29 is 37.8 Å². The van der Waals surface area contributed by atoms with Crippen LogP contribution in [-0.2, 0) is 36.9 Å². The molecule has 1 aromatic rings. The first-order chi connectivity index (χ1) is 21.1. The van der Waals surface area contributed by atoms with E-state index in [9.17, 15) is 28.4 Å². The largest absolute Gasteiger partial charge is 0.450 e. The third kappa shape index (κ3) is 8.26. The van der Waals surface area contributed by atoms with Crippen molar-refractivity contribution in [1.82, 2.24) is 20.4 Å². The van der Waals surface area contributed by atoms with Crippen molar-refractivity contribution in [3.05, 3.63) is 47.3 Å². The molecule has 5 amide bonds. The van der Waals surface area contributed by atoms with Crippen molar-refractivity contribution in [2.75, 3.05) is 20.2 Å². The van der Waals surface area contributed by atoms with Crippen LogP contribution in [0.25, 0.3) is 0 Å². The fraction of sp³-hybridized carbons (Fsp3) is 0.581. The molecule has 4 N–H and O–H groups in total. The van der Waals surface area contributed by atoms with Crippen LogP contribution in [0.4, 0.5) is 14.0 Å². The highest BCUT2D eigenvalue weighted by Gasteiger charge is 2.43. The summed E-state index contributed by atoms with van der Waals surface area (Å²) < 4.78 is 24.8. The van der Waals surface area contributed by atoms with Crippen LogP contribution in [0.1, 0.15) is 63.0 Å². The van der Waals surface area contributed by atoms with Gasteiger partial charge in [-0.25, -0.2) is 14.0 Å². The Morgan fingerprint density at radius 3 is 2.64 bits per heavy atom. The quantitative estimate of drug-likeness (QED) is 0.227. The van der Waals surface area contributed by atoms with E-state index in [2.05, 4.69) is 22.8 Å². The Morgan fingerprint density at radius 2 is 1.93 bits per heavy atom. The van der Waals surface area contributed by atoms with Crippen molar-refractivity contribution >= 4 is 29.9 Å². The summed E-state index contributed by atoms with van der Waals surface area (Å²) in [7, 11) is 1.64. The maximum atomic E-state index is 14.1. The molecule has 44 heavy (non-hydrogen) atoms. The lowest BCUT2D eigenvalue weighted by atomic mass is 10.0. The van der Waals surface area contributed by atoms with Crippen LogP contribution < -0.4 is 16.4 Å². The van der Waals surface area contributed by atoms with Gasteiger partial charge in [-0.3, -0.25) is 19.3 Å². The monoisotopic (exact) mass is 615 g/mol. The molecule has 5 atom stereocenters. The Morgan fingerprint density at radius 1 is 1.14 bits per heavy atom. The van der Waals surface area contributed by atoms with E-state index in [4.69, 9.17) is 15.2 Å². The minimum atomic E-state index is -1.02. The van der Waals surface area contributed by atoms with Crippen molar-refractivity contribution in [3.8, 4) is 0 Å². The number of fused-ring (bicyclic) bond motifs is 1. The smallest absolute Gasteiger partial charge is 0.410 e. The van der Waals surface area contributed by atoms with Gasteiger partial charge in [0.2, 0.25) is 17.7 Å². The number of rotatable bonds is 13. The number of nitrogens with one attached hydrogen (secondary N) is 2. The molecule has 1 saturated heterocycles. The molecular formula is C31H42FN5O7. The minimum Gasteiger partial charge on any atom is -0.450 e. The summed E-state index contributed by atoms with van der Waals surface area (Å²) >= 11 is 0. The van der Waals surface area contributed by atoms with Gasteiger partial charge < -0.3 is 30.7 Å². The second kappa shape index (κ2) is 15.0. The second-order valence-electron chi connectivity index (χ2n) is 11.5. The number of unbranched alkanes of at least 4 members (excludes halogenated alkanes) is 3. The number of allylic oxidation sites excluding steroid dienone is 2. The zero-order chi connectivity index (χ0) is 31.8. The van der Waals surface area contributed by atoms with Crippen LogP contribution in [0, 0.1) is 17.7 Å². The molecule has 1 aromatic carbocycles.